The van der Waals surface area contributed by atoms with Gasteiger partial charge in [-0.25, -0.2) is 4.39 Å². The van der Waals surface area contributed by atoms with Crippen molar-refractivity contribution >= 4 is 34.8 Å². The lowest BCUT2D eigenvalue weighted by atomic mass is 9.97. The van der Waals surface area contributed by atoms with Crippen LogP contribution in [-0.2, 0) is 13.0 Å². The Bertz CT molecular complexity index is 1150. The Morgan fingerprint density at radius 2 is 1.94 bits per heavy atom. The minimum Gasteiger partial charge on any atom is -0.358 e. The molecule has 0 aliphatic carbocycles. The Morgan fingerprint density at radius 3 is 2.69 bits per heavy atom. The van der Waals surface area contributed by atoms with E-state index in [9.17, 15) is 14.0 Å². The van der Waals surface area contributed by atoms with E-state index in [4.69, 9.17) is 23.2 Å². The number of benzene rings is 1. The summed E-state index contributed by atoms with van der Waals surface area (Å²) in [6, 6.07) is 4.06. The Hall–Kier alpha value is -2.48. The van der Waals surface area contributed by atoms with Gasteiger partial charge < -0.3 is 9.88 Å². The SMILES string of the molecule is CN1CCC(Cn2cc(CC(=O)c3cc(C(=O)c4c(Cl)ccc(Cl)c4F)c[nH]3)cn2)CC1. The maximum atomic E-state index is 14.3. The second-order valence-corrected chi connectivity index (χ2v) is 9.08. The number of halogens is 3. The third-order valence-electron chi connectivity index (χ3n) is 5.85. The van der Waals surface area contributed by atoms with E-state index in [1.54, 1.807) is 6.20 Å². The number of piperidine rings is 1. The number of nitrogens with one attached hydrogen (secondary N) is 1. The number of aromatic amines is 1. The second-order valence-electron chi connectivity index (χ2n) is 8.27. The van der Waals surface area contributed by atoms with Crippen LogP contribution in [-0.4, -0.2) is 51.4 Å². The molecule has 0 unspecified atom stereocenters. The van der Waals surface area contributed by atoms with E-state index < -0.39 is 11.6 Å². The number of nitrogens with zero attached hydrogens (tertiary/aromatic N) is 3. The molecule has 0 saturated carbocycles. The molecule has 2 aromatic heterocycles. The van der Waals surface area contributed by atoms with Crippen LogP contribution < -0.4 is 0 Å². The summed E-state index contributed by atoms with van der Waals surface area (Å²) in [5, 5.41) is 4.16. The van der Waals surface area contributed by atoms with Crippen molar-refractivity contribution in [1.29, 1.82) is 0 Å². The summed E-state index contributed by atoms with van der Waals surface area (Å²) in [6.07, 6.45) is 7.39. The molecule has 3 aromatic rings. The fourth-order valence-corrected chi connectivity index (χ4v) is 4.34. The molecule has 0 atom stereocenters. The molecular weight excluding hydrogens is 454 g/mol. The third-order valence-corrected chi connectivity index (χ3v) is 6.46. The summed E-state index contributed by atoms with van der Waals surface area (Å²) in [6.45, 7) is 3.03. The standard InChI is InChI=1S/C23H23Cl2FN4O2/c1-29-6-4-14(5-7-29)12-30-13-15(10-28-30)8-20(31)19-9-16(11-27-19)23(32)21-17(24)2-3-18(25)22(21)26/h2-3,9-11,13-14,27H,4-8,12H2,1H3. The summed E-state index contributed by atoms with van der Waals surface area (Å²) in [4.78, 5) is 30.6. The summed E-state index contributed by atoms with van der Waals surface area (Å²) in [5.41, 5.74) is 0.881. The first-order valence-electron chi connectivity index (χ1n) is 10.4. The Morgan fingerprint density at radius 1 is 1.22 bits per heavy atom. The van der Waals surface area contributed by atoms with Crippen molar-refractivity contribution in [2.75, 3.05) is 20.1 Å². The lowest BCUT2D eigenvalue weighted by molar-refractivity contribution is 0.0988. The molecule has 3 heterocycles. The van der Waals surface area contributed by atoms with Crippen LogP contribution in [0.25, 0.3) is 0 Å². The quantitative estimate of drug-likeness (QED) is 0.397. The number of Topliss-reactive ketones (excluding diaryl/α,β-unsaturated/α-hetero) is 1. The van der Waals surface area contributed by atoms with Crippen molar-refractivity contribution in [2.45, 2.75) is 25.8 Å². The molecule has 4 rings (SSSR count). The number of carbonyl (C=O) groups is 2. The van der Waals surface area contributed by atoms with Crippen LogP contribution in [0.1, 0.15) is 44.8 Å². The zero-order valence-electron chi connectivity index (χ0n) is 17.6. The zero-order valence-corrected chi connectivity index (χ0v) is 19.1. The Balaban J connectivity index is 1.41. The first-order valence-corrected chi connectivity index (χ1v) is 11.2. The van der Waals surface area contributed by atoms with E-state index in [0.717, 1.165) is 38.0 Å². The maximum absolute atomic E-state index is 14.3. The third kappa shape index (κ3) is 4.95. The second kappa shape index (κ2) is 9.57. The van der Waals surface area contributed by atoms with Crippen LogP contribution in [0.4, 0.5) is 4.39 Å². The normalized spacial score (nSPS) is 15.2. The van der Waals surface area contributed by atoms with Crippen molar-refractivity contribution in [3.8, 4) is 0 Å². The first kappa shape index (κ1) is 22.7. The average molecular weight is 477 g/mol. The molecule has 1 aliphatic rings. The van der Waals surface area contributed by atoms with Gasteiger partial charge in [-0.15, -0.1) is 0 Å². The van der Waals surface area contributed by atoms with E-state index in [0.29, 0.717) is 5.92 Å². The molecule has 1 N–H and O–H groups in total. The van der Waals surface area contributed by atoms with Gasteiger partial charge in [-0.2, -0.15) is 5.10 Å². The van der Waals surface area contributed by atoms with Gasteiger partial charge in [-0.05, 0) is 62.7 Å². The molecule has 0 radical (unpaired) electrons. The van der Waals surface area contributed by atoms with Gasteiger partial charge in [-0.3, -0.25) is 14.3 Å². The van der Waals surface area contributed by atoms with E-state index in [2.05, 4.69) is 22.0 Å². The monoisotopic (exact) mass is 476 g/mol. The summed E-state index contributed by atoms with van der Waals surface area (Å²) >= 11 is 11.8. The lowest BCUT2D eigenvalue weighted by Crippen LogP contribution is -2.31. The molecule has 1 aromatic carbocycles. The minimum atomic E-state index is -0.879. The van der Waals surface area contributed by atoms with Crippen LogP contribution in [0.5, 0.6) is 0 Å². The van der Waals surface area contributed by atoms with Gasteiger partial charge in [0.05, 0.1) is 27.5 Å². The largest absolute Gasteiger partial charge is 0.358 e. The summed E-state index contributed by atoms with van der Waals surface area (Å²) in [5.74, 6) is -1.13. The van der Waals surface area contributed by atoms with Gasteiger partial charge in [0.1, 0.15) is 0 Å². The van der Waals surface area contributed by atoms with Crippen LogP contribution in [0, 0.1) is 11.7 Å². The maximum Gasteiger partial charge on any atom is 0.199 e. The number of hydrogen-bond acceptors (Lipinski definition) is 4. The van der Waals surface area contributed by atoms with Crippen molar-refractivity contribution in [3.05, 3.63) is 75.0 Å². The topological polar surface area (TPSA) is 71.0 Å². The van der Waals surface area contributed by atoms with Crippen LogP contribution in [0.15, 0.2) is 36.8 Å². The molecule has 9 heteroatoms. The first-order chi connectivity index (χ1) is 15.3. The van der Waals surface area contributed by atoms with Gasteiger partial charge >= 0.3 is 0 Å². The van der Waals surface area contributed by atoms with Gasteiger partial charge in [0.15, 0.2) is 17.4 Å². The summed E-state index contributed by atoms with van der Waals surface area (Å²) in [7, 11) is 2.13. The molecule has 1 fully saturated rings. The predicted molar refractivity (Wildman–Crippen MR) is 121 cm³/mol. The van der Waals surface area contributed by atoms with E-state index in [-0.39, 0.29) is 39.1 Å². The molecular formula is C23H23Cl2FN4O2. The molecule has 32 heavy (non-hydrogen) atoms. The van der Waals surface area contributed by atoms with Crippen molar-refractivity contribution in [1.82, 2.24) is 19.7 Å². The molecule has 1 saturated heterocycles. The Kier molecular flexibility index (Phi) is 6.79. The molecule has 6 nitrogen and oxygen atoms in total. The zero-order chi connectivity index (χ0) is 22.8. The highest BCUT2D eigenvalue weighted by Crippen LogP contribution is 2.28. The van der Waals surface area contributed by atoms with E-state index in [1.165, 1.54) is 24.4 Å². The van der Waals surface area contributed by atoms with E-state index >= 15 is 0 Å². The predicted octanol–water partition coefficient (Wildman–Crippen LogP) is 4.66. The number of rotatable bonds is 7. The highest BCUT2D eigenvalue weighted by atomic mass is 35.5. The number of likely N-dealkylation sites (tertiary alicyclic amines) is 1. The van der Waals surface area contributed by atoms with Gasteiger partial charge in [-0.1, -0.05) is 23.2 Å². The fraction of sp³-hybridized carbons (Fsp3) is 0.348. The number of ketones is 2. The molecule has 0 amide bonds. The highest BCUT2D eigenvalue weighted by Gasteiger charge is 2.23. The van der Waals surface area contributed by atoms with Crippen LogP contribution >= 0.6 is 23.2 Å². The molecule has 0 spiro atoms. The molecule has 0 bridgehead atoms. The lowest BCUT2D eigenvalue weighted by Gasteiger charge is -2.28. The van der Waals surface area contributed by atoms with E-state index in [1.807, 2.05) is 10.9 Å². The average Bonchev–Trinajstić information content (AvgIpc) is 3.42. The number of aromatic nitrogens is 3. The number of H-pyrrole nitrogens is 1. The fourth-order valence-electron chi connectivity index (χ4n) is 3.95. The van der Waals surface area contributed by atoms with Crippen molar-refractivity contribution in [2.24, 2.45) is 5.92 Å². The van der Waals surface area contributed by atoms with Gasteiger partial charge in [0, 0.05) is 30.9 Å². The van der Waals surface area contributed by atoms with Crippen molar-refractivity contribution < 1.29 is 14.0 Å². The van der Waals surface area contributed by atoms with Gasteiger partial charge in [0.2, 0.25) is 0 Å². The smallest absolute Gasteiger partial charge is 0.199 e. The highest BCUT2D eigenvalue weighted by molar-refractivity contribution is 6.37. The Labute approximate surface area is 195 Å². The molecule has 1 aliphatic heterocycles. The van der Waals surface area contributed by atoms with Crippen molar-refractivity contribution in [3.63, 3.8) is 0 Å². The summed E-state index contributed by atoms with van der Waals surface area (Å²) < 4.78 is 16.2. The van der Waals surface area contributed by atoms with Crippen LogP contribution in [0.2, 0.25) is 10.0 Å². The molecule has 168 valence electrons. The minimum absolute atomic E-state index is 0.0389. The van der Waals surface area contributed by atoms with Crippen LogP contribution in [0.3, 0.4) is 0 Å². The number of hydrogen-bond donors (Lipinski definition) is 1. The van der Waals surface area contributed by atoms with Gasteiger partial charge in [0.25, 0.3) is 0 Å². The number of carbonyl (C=O) groups excluding carboxylic acids is 2.